The monoisotopic (exact) mass is 195 g/mol. The Morgan fingerprint density at radius 1 is 1.69 bits per heavy atom. The minimum atomic E-state index is -0.791. The summed E-state index contributed by atoms with van der Waals surface area (Å²) in [6.45, 7) is 2.16. The summed E-state index contributed by atoms with van der Waals surface area (Å²) in [5.74, 6) is 0.584. The van der Waals surface area contributed by atoms with Crippen molar-refractivity contribution in [3.05, 3.63) is 28.7 Å². The van der Waals surface area contributed by atoms with Gasteiger partial charge in [0.05, 0.1) is 0 Å². The van der Waals surface area contributed by atoms with E-state index in [1.807, 2.05) is 11.5 Å². The summed E-state index contributed by atoms with van der Waals surface area (Å²) in [4.78, 5) is 4.15. The maximum absolute atomic E-state index is 10.2. The molecule has 1 aromatic rings. The van der Waals surface area contributed by atoms with Crippen molar-refractivity contribution in [3.8, 4) is 0 Å². The summed E-state index contributed by atoms with van der Waals surface area (Å²) >= 11 is 1.52. The van der Waals surface area contributed by atoms with Crippen molar-refractivity contribution in [2.45, 2.75) is 25.4 Å². The third-order valence-electron chi connectivity index (χ3n) is 2.48. The summed E-state index contributed by atoms with van der Waals surface area (Å²) < 4.78 is 0. The summed E-state index contributed by atoms with van der Waals surface area (Å²) in [6.07, 6.45) is 7.53. The molecule has 0 fully saturated rings. The smallest absolute Gasteiger partial charge is 0.134 e. The Kier molecular flexibility index (Phi) is 2.22. The molecule has 3 heteroatoms. The van der Waals surface area contributed by atoms with Gasteiger partial charge in [0, 0.05) is 11.6 Å². The zero-order valence-corrected chi connectivity index (χ0v) is 8.42. The van der Waals surface area contributed by atoms with Gasteiger partial charge in [-0.2, -0.15) is 0 Å². The molecule has 0 bridgehead atoms. The van der Waals surface area contributed by atoms with E-state index in [1.54, 1.807) is 6.20 Å². The first kappa shape index (κ1) is 8.91. The quantitative estimate of drug-likeness (QED) is 0.698. The van der Waals surface area contributed by atoms with Gasteiger partial charge in [-0.15, -0.1) is 11.3 Å². The first-order valence-corrected chi connectivity index (χ1v) is 5.40. The molecule has 0 aromatic carbocycles. The molecule has 1 aromatic heterocycles. The van der Waals surface area contributed by atoms with Crippen LogP contribution in [0, 0.1) is 5.92 Å². The molecule has 2 atom stereocenters. The Bertz CT molecular complexity index is 307. The van der Waals surface area contributed by atoms with Crippen LogP contribution in [0.25, 0.3) is 0 Å². The lowest BCUT2D eigenvalue weighted by Gasteiger charge is -2.27. The van der Waals surface area contributed by atoms with Crippen LogP contribution in [0.15, 0.2) is 23.7 Å². The number of nitrogens with zero attached hydrogens (tertiary/aromatic N) is 1. The Labute approximate surface area is 81.9 Å². The van der Waals surface area contributed by atoms with Gasteiger partial charge in [0.15, 0.2) is 0 Å². The highest BCUT2D eigenvalue weighted by atomic mass is 32.1. The maximum Gasteiger partial charge on any atom is 0.134 e. The van der Waals surface area contributed by atoms with Crippen molar-refractivity contribution in [2.24, 2.45) is 5.92 Å². The molecular weight excluding hydrogens is 182 g/mol. The zero-order chi connectivity index (χ0) is 9.31. The highest BCUT2D eigenvalue weighted by Gasteiger charge is 2.31. The predicted octanol–water partition coefficient (Wildman–Crippen LogP) is 2.32. The van der Waals surface area contributed by atoms with E-state index in [9.17, 15) is 5.11 Å². The SMILES string of the molecule is CC1C=CC(O)(c2nccs2)CC1. The van der Waals surface area contributed by atoms with E-state index in [-0.39, 0.29) is 0 Å². The fourth-order valence-electron chi connectivity index (χ4n) is 1.57. The lowest BCUT2D eigenvalue weighted by atomic mass is 9.86. The molecule has 1 heterocycles. The first-order chi connectivity index (χ1) is 6.21. The van der Waals surface area contributed by atoms with E-state index in [0.29, 0.717) is 5.92 Å². The molecule has 0 saturated heterocycles. The van der Waals surface area contributed by atoms with Crippen molar-refractivity contribution >= 4 is 11.3 Å². The average Bonchev–Trinajstić information content (AvgIpc) is 2.63. The summed E-state index contributed by atoms with van der Waals surface area (Å²) in [5.41, 5.74) is -0.791. The number of aliphatic hydroxyl groups is 1. The Balaban J connectivity index is 2.27. The van der Waals surface area contributed by atoms with E-state index in [1.165, 1.54) is 11.3 Å². The number of aromatic nitrogens is 1. The minimum absolute atomic E-state index is 0.584. The van der Waals surface area contributed by atoms with Crippen molar-refractivity contribution in [2.75, 3.05) is 0 Å². The highest BCUT2D eigenvalue weighted by molar-refractivity contribution is 7.09. The second-order valence-electron chi connectivity index (χ2n) is 3.64. The molecule has 2 unspecified atom stereocenters. The van der Waals surface area contributed by atoms with Crippen LogP contribution >= 0.6 is 11.3 Å². The van der Waals surface area contributed by atoms with Crippen LogP contribution in [0.5, 0.6) is 0 Å². The molecule has 1 N–H and O–H groups in total. The Morgan fingerprint density at radius 2 is 2.54 bits per heavy atom. The molecular formula is C10H13NOS. The van der Waals surface area contributed by atoms with Crippen LogP contribution in [0.4, 0.5) is 0 Å². The van der Waals surface area contributed by atoms with Crippen molar-refractivity contribution in [3.63, 3.8) is 0 Å². The molecule has 1 aliphatic carbocycles. The predicted molar refractivity (Wildman–Crippen MR) is 53.5 cm³/mol. The van der Waals surface area contributed by atoms with Gasteiger partial charge in [-0.1, -0.05) is 13.0 Å². The maximum atomic E-state index is 10.2. The van der Waals surface area contributed by atoms with E-state index in [2.05, 4.69) is 18.0 Å². The first-order valence-electron chi connectivity index (χ1n) is 4.52. The van der Waals surface area contributed by atoms with Gasteiger partial charge in [-0.3, -0.25) is 0 Å². The van der Waals surface area contributed by atoms with Crippen molar-refractivity contribution in [1.82, 2.24) is 4.98 Å². The van der Waals surface area contributed by atoms with Gasteiger partial charge in [0.2, 0.25) is 0 Å². The topological polar surface area (TPSA) is 33.1 Å². The largest absolute Gasteiger partial charge is 0.379 e. The fraction of sp³-hybridized carbons (Fsp3) is 0.500. The van der Waals surface area contributed by atoms with Gasteiger partial charge >= 0.3 is 0 Å². The summed E-state index contributed by atoms with van der Waals surface area (Å²) in [7, 11) is 0. The van der Waals surface area contributed by atoms with Gasteiger partial charge < -0.3 is 5.11 Å². The second-order valence-corrected chi connectivity index (χ2v) is 4.53. The van der Waals surface area contributed by atoms with E-state index in [0.717, 1.165) is 17.8 Å². The molecule has 2 nitrogen and oxygen atoms in total. The molecule has 0 radical (unpaired) electrons. The molecule has 13 heavy (non-hydrogen) atoms. The van der Waals surface area contributed by atoms with E-state index >= 15 is 0 Å². The van der Waals surface area contributed by atoms with Crippen LogP contribution < -0.4 is 0 Å². The third-order valence-corrected chi connectivity index (χ3v) is 3.42. The lowest BCUT2D eigenvalue weighted by molar-refractivity contribution is 0.0671. The lowest BCUT2D eigenvalue weighted by Crippen LogP contribution is -2.26. The number of thiazole rings is 1. The number of hydrogen-bond donors (Lipinski definition) is 1. The standard InChI is InChI=1S/C10H13NOS/c1-8-2-4-10(12,5-3-8)9-11-6-7-13-9/h2,4,6-8,12H,3,5H2,1H3. The van der Waals surface area contributed by atoms with Gasteiger partial charge in [0.25, 0.3) is 0 Å². The van der Waals surface area contributed by atoms with Crippen LogP contribution in [0.2, 0.25) is 0 Å². The molecule has 70 valence electrons. The molecule has 2 rings (SSSR count). The zero-order valence-electron chi connectivity index (χ0n) is 7.60. The van der Waals surface area contributed by atoms with Crippen molar-refractivity contribution < 1.29 is 5.11 Å². The Morgan fingerprint density at radius 3 is 3.08 bits per heavy atom. The summed E-state index contributed by atoms with van der Waals surface area (Å²) in [6, 6.07) is 0. The molecule has 0 amide bonds. The number of rotatable bonds is 1. The molecule has 0 aliphatic heterocycles. The molecule has 0 spiro atoms. The van der Waals surface area contributed by atoms with Crippen LogP contribution in [-0.2, 0) is 5.60 Å². The fourth-order valence-corrected chi connectivity index (χ4v) is 2.31. The van der Waals surface area contributed by atoms with E-state index < -0.39 is 5.60 Å². The summed E-state index contributed by atoms with van der Waals surface area (Å²) in [5, 5.41) is 12.9. The Hall–Kier alpha value is -0.670. The second kappa shape index (κ2) is 3.24. The van der Waals surface area contributed by atoms with Crippen LogP contribution in [0.1, 0.15) is 24.8 Å². The van der Waals surface area contributed by atoms with E-state index in [4.69, 9.17) is 0 Å². The van der Waals surface area contributed by atoms with Gasteiger partial charge in [-0.25, -0.2) is 4.98 Å². The van der Waals surface area contributed by atoms with Crippen LogP contribution in [-0.4, -0.2) is 10.1 Å². The number of hydrogen-bond acceptors (Lipinski definition) is 3. The molecule has 0 saturated carbocycles. The van der Waals surface area contributed by atoms with Gasteiger partial charge in [-0.05, 0) is 24.8 Å². The average molecular weight is 195 g/mol. The highest BCUT2D eigenvalue weighted by Crippen LogP contribution is 2.35. The van der Waals surface area contributed by atoms with Crippen molar-refractivity contribution in [1.29, 1.82) is 0 Å². The minimum Gasteiger partial charge on any atom is -0.379 e. The van der Waals surface area contributed by atoms with Crippen LogP contribution in [0.3, 0.4) is 0 Å². The molecule has 1 aliphatic rings. The van der Waals surface area contributed by atoms with Gasteiger partial charge in [0.1, 0.15) is 10.6 Å². The normalized spacial score (nSPS) is 33.5. The third kappa shape index (κ3) is 1.67. The number of allylic oxidation sites excluding steroid dienone is 1.